The Balaban J connectivity index is 2.01. The third kappa shape index (κ3) is 2.06. The Kier molecular flexibility index (Phi) is 3.66. The van der Waals surface area contributed by atoms with Gasteiger partial charge in [0.1, 0.15) is 0 Å². The van der Waals surface area contributed by atoms with Crippen molar-refractivity contribution in [1.29, 1.82) is 0 Å². The molecule has 0 radical (unpaired) electrons. The van der Waals surface area contributed by atoms with Gasteiger partial charge in [-0.1, -0.05) is 45.4 Å². The van der Waals surface area contributed by atoms with Gasteiger partial charge in [0.25, 0.3) is 0 Å². The minimum absolute atomic E-state index is 0.0251. The van der Waals surface area contributed by atoms with Crippen LogP contribution in [0.1, 0.15) is 59.8 Å². The van der Waals surface area contributed by atoms with Gasteiger partial charge in [0.2, 0.25) is 0 Å². The van der Waals surface area contributed by atoms with Gasteiger partial charge in [-0.25, -0.2) is 0 Å². The fourth-order valence-electron chi connectivity index (χ4n) is 5.86. The van der Waals surface area contributed by atoms with Crippen molar-refractivity contribution in [3.63, 3.8) is 0 Å². The van der Waals surface area contributed by atoms with Crippen LogP contribution in [0, 0.1) is 28.1 Å². The molecule has 0 aromatic heterocycles. The van der Waals surface area contributed by atoms with E-state index in [0.717, 1.165) is 32.1 Å². The lowest BCUT2D eigenvalue weighted by Crippen LogP contribution is -2.56. The summed E-state index contributed by atoms with van der Waals surface area (Å²) in [4.78, 5) is 0. The molecule has 0 aromatic rings. The maximum atomic E-state index is 10.7. The fourth-order valence-corrected chi connectivity index (χ4v) is 5.86. The summed E-state index contributed by atoms with van der Waals surface area (Å²) in [7, 11) is 0. The smallest absolute Gasteiger partial charge is 0.0668 e. The monoisotopic (exact) mass is 304 g/mol. The van der Waals surface area contributed by atoms with E-state index in [0.29, 0.717) is 11.8 Å². The molecular weight excluding hydrogens is 272 g/mol. The SMILES string of the molecule is C=C[C@]1(C)C=C2CC[C@@H]3C(C)(C)[C@H](O)CC[C@@]3(C)[C@@H]2C[C@@H]1O. The van der Waals surface area contributed by atoms with Crippen LogP contribution in [-0.4, -0.2) is 22.4 Å². The first-order valence-corrected chi connectivity index (χ1v) is 8.86. The van der Waals surface area contributed by atoms with Crippen LogP contribution in [0.25, 0.3) is 0 Å². The summed E-state index contributed by atoms with van der Waals surface area (Å²) in [6.07, 6.45) is 8.74. The van der Waals surface area contributed by atoms with Crippen molar-refractivity contribution in [3.8, 4) is 0 Å². The van der Waals surface area contributed by atoms with Crippen molar-refractivity contribution in [3.05, 3.63) is 24.3 Å². The molecule has 0 unspecified atom stereocenters. The zero-order valence-corrected chi connectivity index (χ0v) is 14.6. The first-order valence-electron chi connectivity index (χ1n) is 8.86. The Morgan fingerprint density at radius 1 is 1.14 bits per heavy atom. The third-order valence-corrected chi connectivity index (χ3v) is 7.59. The fraction of sp³-hybridized carbons (Fsp3) is 0.800. The maximum absolute atomic E-state index is 10.7. The summed E-state index contributed by atoms with van der Waals surface area (Å²) in [5.41, 5.74) is 1.43. The molecule has 2 nitrogen and oxygen atoms in total. The lowest BCUT2D eigenvalue weighted by molar-refractivity contribution is -0.133. The minimum atomic E-state index is -0.343. The van der Waals surface area contributed by atoms with Gasteiger partial charge in [-0.15, -0.1) is 6.58 Å². The number of hydrogen-bond donors (Lipinski definition) is 2. The average Bonchev–Trinajstić information content (AvgIpc) is 2.46. The Bertz CT molecular complexity index is 506. The summed E-state index contributed by atoms with van der Waals surface area (Å²) in [5, 5.41) is 21.2. The van der Waals surface area contributed by atoms with Crippen molar-refractivity contribution in [2.24, 2.45) is 28.1 Å². The average molecular weight is 304 g/mol. The molecule has 2 fully saturated rings. The first-order chi connectivity index (χ1) is 10.1. The van der Waals surface area contributed by atoms with Crippen LogP contribution in [-0.2, 0) is 0 Å². The van der Waals surface area contributed by atoms with Gasteiger partial charge in [-0.3, -0.25) is 0 Å². The molecule has 2 saturated carbocycles. The topological polar surface area (TPSA) is 40.5 Å². The second-order valence-corrected chi connectivity index (χ2v) is 9.07. The highest BCUT2D eigenvalue weighted by Gasteiger charge is 2.57. The Hall–Kier alpha value is -0.600. The molecular formula is C20H32O2. The minimum Gasteiger partial charge on any atom is -0.393 e. The van der Waals surface area contributed by atoms with E-state index < -0.39 is 0 Å². The number of hydrogen-bond acceptors (Lipinski definition) is 2. The molecule has 0 aromatic carbocycles. The van der Waals surface area contributed by atoms with Gasteiger partial charge in [0.15, 0.2) is 0 Å². The van der Waals surface area contributed by atoms with Gasteiger partial charge in [0, 0.05) is 5.41 Å². The van der Waals surface area contributed by atoms with Crippen LogP contribution in [0.15, 0.2) is 24.3 Å². The molecule has 0 bridgehead atoms. The highest BCUT2D eigenvalue weighted by atomic mass is 16.3. The summed E-state index contributed by atoms with van der Waals surface area (Å²) >= 11 is 0. The van der Waals surface area contributed by atoms with Crippen LogP contribution < -0.4 is 0 Å². The summed E-state index contributed by atoms with van der Waals surface area (Å²) in [5.74, 6) is 0.993. The Labute approximate surface area is 135 Å². The molecule has 3 aliphatic carbocycles. The molecule has 0 aliphatic heterocycles. The second kappa shape index (κ2) is 4.95. The Morgan fingerprint density at radius 3 is 2.45 bits per heavy atom. The zero-order chi connectivity index (χ0) is 16.3. The molecule has 0 saturated heterocycles. The predicted octanol–water partition coefficient (Wildman–Crippen LogP) is 4.08. The summed E-state index contributed by atoms with van der Waals surface area (Å²) in [6, 6.07) is 0. The van der Waals surface area contributed by atoms with Gasteiger partial charge >= 0.3 is 0 Å². The van der Waals surface area contributed by atoms with Gasteiger partial charge in [0.05, 0.1) is 12.2 Å². The van der Waals surface area contributed by atoms with E-state index >= 15 is 0 Å². The van der Waals surface area contributed by atoms with E-state index in [9.17, 15) is 10.2 Å². The number of rotatable bonds is 1. The van der Waals surface area contributed by atoms with Gasteiger partial charge in [-0.05, 0) is 54.8 Å². The van der Waals surface area contributed by atoms with Crippen LogP contribution in [0.5, 0.6) is 0 Å². The molecule has 2 N–H and O–H groups in total. The lowest BCUT2D eigenvalue weighted by Gasteiger charge is -2.61. The zero-order valence-electron chi connectivity index (χ0n) is 14.6. The van der Waals surface area contributed by atoms with Crippen molar-refractivity contribution in [2.45, 2.75) is 72.0 Å². The van der Waals surface area contributed by atoms with E-state index in [1.165, 1.54) is 5.57 Å². The van der Waals surface area contributed by atoms with Crippen molar-refractivity contribution >= 4 is 0 Å². The van der Waals surface area contributed by atoms with E-state index in [-0.39, 0.29) is 28.5 Å². The molecule has 2 heteroatoms. The van der Waals surface area contributed by atoms with Gasteiger partial charge in [-0.2, -0.15) is 0 Å². The largest absolute Gasteiger partial charge is 0.393 e. The Morgan fingerprint density at radius 2 is 1.82 bits per heavy atom. The lowest BCUT2D eigenvalue weighted by atomic mass is 9.44. The van der Waals surface area contributed by atoms with E-state index in [2.05, 4.69) is 40.3 Å². The maximum Gasteiger partial charge on any atom is 0.0668 e. The van der Waals surface area contributed by atoms with E-state index in [4.69, 9.17) is 0 Å². The van der Waals surface area contributed by atoms with Crippen LogP contribution >= 0.6 is 0 Å². The van der Waals surface area contributed by atoms with Gasteiger partial charge < -0.3 is 10.2 Å². The molecule has 124 valence electrons. The molecule has 0 spiro atoms. The van der Waals surface area contributed by atoms with Crippen molar-refractivity contribution in [1.82, 2.24) is 0 Å². The molecule has 0 heterocycles. The molecule has 6 atom stereocenters. The second-order valence-electron chi connectivity index (χ2n) is 9.07. The molecule has 22 heavy (non-hydrogen) atoms. The quantitative estimate of drug-likeness (QED) is 0.717. The van der Waals surface area contributed by atoms with E-state index in [1.54, 1.807) is 0 Å². The number of aliphatic hydroxyl groups excluding tert-OH is 2. The van der Waals surface area contributed by atoms with Crippen LogP contribution in [0.3, 0.4) is 0 Å². The van der Waals surface area contributed by atoms with Crippen molar-refractivity contribution in [2.75, 3.05) is 0 Å². The highest BCUT2D eigenvalue weighted by Crippen LogP contribution is 2.63. The molecule has 3 rings (SSSR count). The molecule has 3 aliphatic rings. The third-order valence-electron chi connectivity index (χ3n) is 7.59. The number of allylic oxidation sites excluding steroid dienone is 1. The highest BCUT2D eigenvalue weighted by molar-refractivity contribution is 5.28. The van der Waals surface area contributed by atoms with E-state index in [1.807, 2.05) is 6.08 Å². The number of fused-ring (bicyclic) bond motifs is 3. The number of aliphatic hydroxyl groups is 2. The summed E-state index contributed by atoms with van der Waals surface area (Å²) < 4.78 is 0. The van der Waals surface area contributed by atoms with Crippen LogP contribution in [0.2, 0.25) is 0 Å². The first kappa shape index (κ1) is 16.3. The predicted molar refractivity (Wildman–Crippen MR) is 90.4 cm³/mol. The standard InChI is InChI=1S/C20H32O2/c1-6-19(4)12-13-7-8-15-18(2,3)16(21)9-10-20(15,5)14(13)11-17(19)22/h6,12,14-17,21-22H,1,7-11H2,2-5H3/t14-,15-,16-,17+,19-,20+/m1/s1. The van der Waals surface area contributed by atoms with Crippen LogP contribution in [0.4, 0.5) is 0 Å². The van der Waals surface area contributed by atoms with Crippen molar-refractivity contribution < 1.29 is 10.2 Å². The normalized spacial score (nSPS) is 50.5. The summed E-state index contributed by atoms with van der Waals surface area (Å²) in [6.45, 7) is 12.9. The molecule has 0 amide bonds.